The number of likely N-dealkylation sites (tertiary alicyclic amines) is 1. The number of carboxylic acid groups (broad SMARTS) is 1. The van der Waals surface area contributed by atoms with Crippen LogP contribution < -0.4 is 4.74 Å². The number of aliphatic hydroxyl groups is 1. The molecule has 29 heavy (non-hydrogen) atoms. The lowest BCUT2D eigenvalue weighted by molar-refractivity contribution is -0.137. The number of carboxylic acids is 1. The number of nitrogens with zero attached hydrogens (tertiary/aromatic N) is 1. The Morgan fingerprint density at radius 2 is 2.21 bits per heavy atom. The van der Waals surface area contributed by atoms with Gasteiger partial charge in [0.05, 0.1) is 32.2 Å². The third-order valence-corrected chi connectivity index (χ3v) is 4.60. The van der Waals surface area contributed by atoms with E-state index in [9.17, 15) is 14.7 Å². The highest BCUT2D eigenvalue weighted by molar-refractivity contribution is 5.77. The van der Waals surface area contributed by atoms with E-state index < -0.39 is 12.1 Å². The van der Waals surface area contributed by atoms with Crippen molar-refractivity contribution in [2.45, 2.75) is 44.2 Å². The quantitative estimate of drug-likeness (QED) is 0.373. The zero-order valence-electron chi connectivity index (χ0n) is 16.5. The molecule has 1 aromatic rings. The minimum Gasteiger partial charge on any atom is -0.496 e. The smallest absolute Gasteiger partial charge is 0.306 e. The first kappa shape index (κ1) is 22.3. The average molecular weight is 401 g/mol. The maximum atomic E-state index is 12.3. The van der Waals surface area contributed by atoms with E-state index in [1.807, 2.05) is 30.3 Å². The van der Waals surface area contributed by atoms with E-state index in [4.69, 9.17) is 14.6 Å². The zero-order chi connectivity index (χ0) is 21.1. The van der Waals surface area contributed by atoms with Crippen molar-refractivity contribution in [3.63, 3.8) is 0 Å². The van der Waals surface area contributed by atoms with Gasteiger partial charge in [-0.2, -0.15) is 0 Å². The topological polar surface area (TPSA) is 96.3 Å². The molecular formula is C22H27NO6. The summed E-state index contributed by atoms with van der Waals surface area (Å²) in [6.45, 7) is 0.207. The molecule has 1 fully saturated rings. The van der Waals surface area contributed by atoms with E-state index in [1.54, 1.807) is 18.1 Å². The van der Waals surface area contributed by atoms with Gasteiger partial charge in [-0.05, 0) is 30.4 Å². The molecule has 2 rings (SSSR count). The first-order valence-electron chi connectivity index (χ1n) is 9.60. The van der Waals surface area contributed by atoms with Gasteiger partial charge in [0, 0.05) is 12.8 Å². The second-order valence-electron chi connectivity index (χ2n) is 6.72. The molecule has 0 spiro atoms. The normalized spacial score (nSPS) is 17.5. The number of hydrogen-bond acceptors (Lipinski definition) is 5. The molecule has 1 aromatic carbocycles. The van der Waals surface area contributed by atoms with Gasteiger partial charge in [-0.15, -0.1) is 0 Å². The summed E-state index contributed by atoms with van der Waals surface area (Å²) in [4.78, 5) is 24.3. The number of benzene rings is 1. The van der Waals surface area contributed by atoms with Gasteiger partial charge in [0.15, 0.2) is 0 Å². The van der Waals surface area contributed by atoms with E-state index in [0.717, 1.165) is 24.2 Å². The Morgan fingerprint density at radius 3 is 2.97 bits per heavy atom. The summed E-state index contributed by atoms with van der Waals surface area (Å²) >= 11 is 0. The number of rotatable bonds is 9. The molecule has 2 atom stereocenters. The highest BCUT2D eigenvalue weighted by Gasteiger charge is 2.25. The first-order valence-corrected chi connectivity index (χ1v) is 9.60. The fraction of sp³-hybridized carbons (Fsp3) is 0.455. The fourth-order valence-corrected chi connectivity index (χ4v) is 3.13. The van der Waals surface area contributed by atoms with Crippen LogP contribution in [-0.4, -0.2) is 59.4 Å². The predicted octanol–water partition coefficient (Wildman–Crippen LogP) is 1.99. The van der Waals surface area contributed by atoms with E-state index in [-0.39, 0.29) is 31.5 Å². The molecule has 0 aromatic heterocycles. The van der Waals surface area contributed by atoms with Crippen LogP contribution in [0.4, 0.5) is 0 Å². The van der Waals surface area contributed by atoms with Gasteiger partial charge in [0.1, 0.15) is 18.5 Å². The van der Waals surface area contributed by atoms with Crippen molar-refractivity contribution in [3.8, 4) is 17.8 Å². The van der Waals surface area contributed by atoms with E-state index in [1.165, 1.54) is 0 Å². The number of amides is 1. The van der Waals surface area contributed by atoms with Crippen LogP contribution in [0, 0.1) is 12.0 Å². The highest BCUT2D eigenvalue weighted by Crippen LogP contribution is 2.21. The molecule has 0 bridgehead atoms. The summed E-state index contributed by atoms with van der Waals surface area (Å²) in [5, 5.41) is 18.9. The van der Waals surface area contributed by atoms with Crippen molar-refractivity contribution in [2.24, 2.45) is 0 Å². The molecule has 7 nitrogen and oxygen atoms in total. The molecule has 156 valence electrons. The molecule has 0 aliphatic carbocycles. The molecule has 2 N–H and O–H groups in total. The van der Waals surface area contributed by atoms with Crippen molar-refractivity contribution in [2.75, 3.05) is 20.3 Å². The van der Waals surface area contributed by atoms with Crippen LogP contribution in [0.25, 0.3) is 0 Å². The number of methoxy groups -OCH3 is 1. The summed E-state index contributed by atoms with van der Waals surface area (Å²) in [7, 11) is 1.60. The van der Waals surface area contributed by atoms with Crippen molar-refractivity contribution in [1.82, 2.24) is 4.90 Å². The summed E-state index contributed by atoms with van der Waals surface area (Å²) in [5.74, 6) is 2.54. The largest absolute Gasteiger partial charge is 0.496 e. The SMILES string of the molecule is COc1ccccc1CC(O)/C=C/[C@H]1CCCC(=O)N1CC#COCCC(=O)O. The number of ether oxygens (including phenoxy) is 2. The molecule has 0 saturated carbocycles. The van der Waals surface area contributed by atoms with E-state index >= 15 is 0 Å². The van der Waals surface area contributed by atoms with Crippen molar-refractivity contribution in [1.29, 1.82) is 0 Å². The Morgan fingerprint density at radius 1 is 1.41 bits per heavy atom. The van der Waals surface area contributed by atoms with Crippen LogP contribution in [0.5, 0.6) is 5.75 Å². The number of aliphatic hydroxyl groups excluding tert-OH is 1. The van der Waals surface area contributed by atoms with Crippen LogP contribution >= 0.6 is 0 Å². The Kier molecular flexibility index (Phi) is 9.06. The maximum absolute atomic E-state index is 12.3. The molecule has 1 amide bonds. The molecule has 1 aliphatic rings. The molecule has 7 heteroatoms. The van der Waals surface area contributed by atoms with E-state index in [2.05, 4.69) is 12.0 Å². The summed E-state index contributed by atoms with van der Waals surface area (Å²) in [6, 6.07) is 7.39. The molecule has 0 radical (unpaired) electrons. The molecule has 1 heterocycles. The van der Waals surface area contributed by atoms with E-state index in [0.29, 0.717) is 12.8 Å². The zero-order valence-corrected chi connectivity index (χ0v) is 16.5. The monoisotopic (exact) mass is 401 g/mol. The summed E-state index contributed by atoms with van der Waals surface area (Å²) in [6.07, 6.45) is 7.65. The minimum atomic E-state index is -0.949. The number of carbonyl (C=O) groups is 2. The molecular weight excluding hydrogens is 374 g/mol. The maximum Gasteiger partial charge on any atom is 0.306 e. The number of hydrogen-bond donors (Lipinski definition) is 2. The Bertz CT molecular complexity index is 779. The van der Waals surface area contributed by atoms with Crippen molar-refractivity contribution >= 4 is 11.9 Å². The lowest BCUT2D eigenvalue weighted by atomic mass is 9.99. The van der Waals surface area contributed by atoms with Gasteiger partial charge < -0.3 is 24.6 Å². The first-order chi connectivity index (χ1) is 14.0. The van der Waals surface area contributed by atoms with Gasteiger partial charge >= 0.3 is 5.97 Å². The Hall–Kier alpha value is -2.98. The summed E-state index contributed by atoms with van der Waals surface area (Å²) in [5.41, 5.74) is 0.910. The van der Waals surface area contributed by atoms with Gasteiger partial charge in [-0.25, -0.2) is 0 Å². The fourth-order valence-electron chi connectivity index (χ4n) is 3.13. The second-order valence-corrected chi connectivity index (χ2v) is 6.72. The lowest BCUT2D eigenvalue weighted by Crippen LogP contribution is -2.42. The van der Waals surface area contributed by atoms with Crippen LogP contribution in [-0.2, 0) is 20.7 Å². The van der Waals surface area contributed by atoms with Crippen LogP contribution in [0.3, 0.4) is 0 Å². The third-order valence-electron chi connectivity index (χ3n) is 4.60. The van der Waals surface area contributed by atoms with Gasteiger partial charge in [-0.3, -0.25) is 9.59 Å². The minimum absolute atomic E-state index is 0.00459. The second kappa shape index (κ2) is 11.8. The van der Waals surface area contributed by atoms with Crippen LogP contribution in [0.2, 0.25) is 0 Å². The van der Waals surface area contributed by atoms with Gasteiger partial charge in [-0.1, -0.05) is 30.4 Å². The third kappa shape index (κ3) is 7.51. The molecule has 1 aliphatic heterocycles. The molecule has 1 saturated heterocycles. The standard InChI is InChI=1S/C22H27NO6/c1-28-20-8-3-2-6-17(20)16-19(24)11-10-18-7-4-9-21(25)23(18)13-5-14-29-15-12-22(26)27/h2-3,6,8,10-11,18-19,24H,4,7,9,12-13,15-16H2,1H3,(H,26,27)/b11-10+/t18-,19?/m1/s1. The number of para-hydroxylation sites is 1. The molecule has 1 unspecified atom stereocenters. The number of aliphatic carboxylic acids is 1. The Labute approximate surface area is 170 Å². The highest BCUT2D eigenvalue weighted by atomic mass is 16.5. The van der Waals surface area contributed by atoms with Gasteiger partial charge in [0.25, 0.3) is 0 Å². The lowest BCUT2D eigenvalue weighted by Gasteiger charge is -2.32. The van der Waals surface area contributed by atoms with Crippen molar-refractivity contribution in [3.05, 3.63) is 42.0 Å². The average Bonchev–Trinajstić information content (AvgIpc) is 2.70. The van der Waals surface area contributed by atoms with Crippen LogP contribution in [0.1, 0.15) is 31.2 Å². The number of carbonyl (C=O) groups excluding carboxylic acids is 1. The number of piperidine rings is 1. The summed E-state index contributed by atoms with van der Waals surface area (Å²) < 4.78 is 10.3. The van der Waals surface area contributed by atoms with Crippen molar-refractivity contribution < 1.29 is 29.3 Å². The predicted molar refractivity (Wildman–Crippen MR) is 107 cm³/mol. The van der Waals surface area contributed by atoms with Crippen LogP contribution in [0.15, 0.2) is 36.4 Å². The Balaban J connectivity index is 1.92. The van der Waals surface area contributed by atoms with Gasteiger partial charge in [0.2, 0.25) is 5.91 Å².